The monoisotopic (exact) mass is 348 g/mol. The van der Waals surface area contributed by atoms with Crippen LogP contribution in [0.15, 0.2) is 42.0 Å². The molecule has 4 heteroatoms. The largest absolute Gasteiger partial charge is 0.364 e. The van der Waals surface area contributed by atoms with E-state index in [1.54, 1.807) is 0 Å². The first-order chi connectivity index (χ1) is 12.4. The second kappa shape index (κ2) is 6.11. The SMILES string of the molecule is CC(C)N1CC2=C(CCC=C2)c2c(nnn2C(C)(C)C)-c2ccccc21. The van der Waals surface area contributed by atoms with E-state index in [1.165, 1.54) is 28.1 Å². The lowest BCUT2D eigenvalue weighted by Crippen LogP contribution is -2.34. The van der Waals surface area contributed by atoms with Crippen molar-refractivity contribution in [1.29, 1.82) is 0 Å². The van der Waals surface area contributed by atoms with Crippen molar-refractivity contribution < 1.29 is 0 Å². The first-order valence-electron chi connectivity index (χ1n) is 9.59. The zero-order valence-electron chi connectivity index (χ0n) is 16.5. The Bertz CT molecular complexity index is 893. The Hall–Kier alpha value is -2.36. The molecule has 2 aromatic rings. The van der Waals surface area contributed by atoms with Crippen molar-refractivity contribution in [2.75, 3.05) is 11.4 Å². The van der Waals surface area contributed by atoms with Gasteiger partial charge in [-0.2, -0.15) is 0 Å². The molecule has 2 heterocycles. The Morgan fingerprint density at radius 2 is 1.88 bits per heavy atom. The highest BCUT2D eigenvalue weighted by Gasteiger charge is 2.31. The lowest BCUT2D eigenvalue weighted by molar-refractivity contribution is 0.343. The molecule has 0 radical (unpaired) electrons. The molecular weight excluding hydrogens is 320 g/mol. The average Bonchev–Trinajstić information content (AvgIpc) is 3.03. The van der Waals surface area contributed by atoms with Crippen molar-refractivity contribution in [3.8, 4) is 11.3 Å². The van der Waals surface area contributed by atoms with Gasteiger partial charge < -0.3 is 4.90 Å². The highest BCUT2D eigenvalue weighted by molar-refractivity contribution is 5.88. The lowest BCUT2D eigenvalue weighted by atomic mass is 9.89. The molecule has 1 aliphatic carbocycles. The fourth-order valence-electron chi connectivity index (χ4n) is 3.99. The van der Waals surface area contributed by atoms with Crippen LogP contribution in [-0.4, -0.2) is 27.6 Å². The van der Waals surface area contributed by atoms with Gasteiger partial charge in [-0.25, -0.2) is 4.68 Å². The van der Waals surface area contributed by atoms with Crippen LogP contribution < -0.4 is 4.90 Å². The van der Waals surface area contributed by atoms with Crippen LogP contribution in [0.1, 0.15) is 53.2 Å². The summed E-state index contributed by atoms with van der Waals surface area (Å²) in [5.74, 6) is 0. The molecule has 0 unspecified atom stereocenters. The second-order valence-electron chi connectivity index (χ2n) is 8.55. The predicted molar refractivity (Wildman–Crippen MR) is 108 cm³/mol. The van der Waals surface area contributed by atoms with Gasteiger partial charge in [-0.1, -0.05) is 35.6 Å². The van der Waals surface area contributed by atoms with Crippen LogP contribution in [0.25, 0.3) is 16.8 Å². The summed E-state index contributed by atoms with van der Waals surface area (Å²) in [4.78, 5) is 2.49. The molecule has 0 N–H and O–H groups in total. The molecule has 0 atom stereocenters. The minimum absolute atomic E-state index is 0.105. The summed E-state index contributed by atoms with van der Waals surface area (Å²) in [6, 6.07) is 9.05. The van der Waals surface area contributed by atoms with E-state index in [-0.39, 0.29) is 5.54 Å². The third-order valence-electron chi connectivity index (χ3n) is 5.29. The zero-order valence-corrected chi connectivity index (χ0v) is 16.5. The molecule has 26 heavy (non-hydrogen) atoms. The molecule has 0 fully saturated rings. The molecule has 0 saturated carbocycles. The van der Waals surface area contributed by atoms with Crippen LogP contribution >= 0.6 is 0 Å². The maximum Gasteiger partial charge on any atom is 0.122 e. The van der Waals surface area contributed by atoms with Crippen LogP contribution in [0.5, 0.6) is 0 Å². The molecule has 0 bridgehead atoms. The van der Waals surface area contributed by atoms with E-state index in [9.17, 15) is 0 Å². The van der Waals surface area contributed by atoms with E-state index in [1.807, 2.05) is 0 Å². The molecule has 4 nitrogen and oxygen atoms in total. The molecule has 0 saturated heterocycles. The molecule has 4 rings (SSSR count). The summed E-state index contributed by atoms with van der Waals surface area (Å²) in [5.41, 5.74) is 7.35. The Kier molecular flexibility index (Phi) is 4.02. The Morgan fingerprint density at radius 1 is 1.12 bits per heavy atom. The van der Waals surface area contributed by atoms with Crippen molar-refractivity contribution in [1.82, 2.24) is 15.0 Å². The van der Waals surface area contributed by atoms with E-state index in [0.29, 0.717) is 6.04 Å². The molecule has 0 spiro atoms. The molecule has 1 aromatic carbocycles. The molecule has 0 amide bonds. The summed E-state index contributed by atoms with van der Waals surface area (Å²) in [6.45, 7) is 12.1. The Labute approximate surface area is 156 Å². The summed E-state index contributed by atoms with van der Waals surface area (Å²) in [5, 5.41) is 9.28. The van der Waals surface area contributed by atoms with E-state index in [4.69, 9.17) is 0 Å². The number of nitrogens with zero attached hydrogens (tertiary/aromatic N) is 4. The van der Waals surface area contributed by atoms with E-state index < -0.39 is 0 Å². The van der Waals surface area contributed by atoms with Gasteiger partial charge in [0.2, 0.25) is 0 Å². The number of allylic oxidation sites excluding steroid dienone is 2. The lowest BCUT2D eigenvalue weighted by Gasteiger charge is -2.35. The third kappa shape index (κ3) is 2.68. The van der Waals surface area contributed by atoms with Gasteiger partial charge in [-0.05, 0) is 64.7 Å². The predicted octanol–water partition coefficient (Wildman–Crippen LogP) is 5.03. The van der Waals surface area contributed by atoms with Crippen LogP contribution in [0, 0.1) is 0 Å². The minimum atomic E-state index is -0.105. The number of anilines is 1. The van der Waals surface area contributed by atoms with Crippen LogP contribution in [0.2, 0.25) is 0 Å². The van der Waals surface area contributed by atoms with Crippen molar-refractivity contribution in [2.45, 2.75) is 59.0 Å². The minimum Gasteiger partial charge on any atom is -0.364 e. The van der Waals surface area contributed by atoms with Crippen molar-refractivity contribution in [3.63, 3.8) is 0 Å². The maximum atomic E-state index is 4.68. The molecule has 1 aromatic heterocycles. The van der Waals surface area contributed by atoms with Gasteiger partial charge in [0, 0.05) is 23.8 Å². The third-order valence-corrected chi connectivity index (χ3v) is 5.29. The first kappa shape index (κ1) is 17.1. The number of aromatic nitrogens is 3. The topological polar surface area (TPSA) is 34.0 Å². The highest BCUT2D eigenvalue weighted by atomic mass is 15.5. The van der Waals surface area contributed by atoms with E-state index >= 15 is 0 Å². The average molecular weight is 348 g/mol. The van der Waals surface area contributed by atoms with Crippen LogP contribution in [0.3, 0.4) is 0 Å². The van der Waals surface area contributed by atoms with Gasteiger partial charge in [0.25, 0.3) is 0 Å². The Morgan fingerprint density at radius 3 is 2.62 bits per heavy atom. The van der Waals surface area contributed by atoms with Gasteiger partial charge >= 0.3 is 0 Å². The molecule has 1 aliphatic heterocycles. The normalized spacial score (nSPS) is 16.9. The summed E-state index contributed by atoms with van der Waals surface area (Å²) < 4.78 is 2.12. The summed E-state index contributed by atoms with van der Waals surface area (Å²) >= 11 is 0. The first-order valence-corrected chi connectivity index (χ1v) is 9.59. The van der Waals surface area contributed by atoms with Crippen molar-refractivity contribution >= 4 is 11.3 Å². The summed E-state index contributed by atoms with van der Waals surface area (Å²) in [6.07, 6.45) is 6.75. The highest BCUT2D eigenvalue weighted by Crippen LogP contribution is 2.42. The zero-order chi connectivity index (χ0) is 18.5. The van der Waals surface area contributed by atoms with Crippen LogP contribution in [-0.2, 0) is 5.54 Å². The fourth-order valence-corrected chi connectivity index (χ4v) is 3.99. The molecule has 136 valence electrons. The Balaban J connectivity index is 2.06. The van der Waals surface area contributed by atoms with E-state index in [2.05, 4.69) is 90.9 Å². The van der Waals surface area contributed by atoms with Gasteiger partial charge in [0.15, 0.2) is 0 Å². The quantitative estimate of drug-likeness (QED) is 0.724. The standard InChI is InChI=1S/C22H28N4/c1-15(2)25-14-16-10-6-7-11-17(16)21-20(18-12-8-9-13-19(18)25)23-24-26(21)22(3,4)5/h6,8-10,12-13,15H,7,11,14H2,1-5H3. The number of para-hydroxylation sites is 1. The van der Waals surface area contributed by atoms with Crippen LogP contribution in [0.4, 0.5) is 5.69 Å². The smallest absolute Gasteiger partial charge is 0.122 e. The molecular formula is C22H28N4. The number of fused-ring (bicyclic) bond motifs is 4. The second-order valence-corrected chi connectivity index (χ2v) is 8.55. The molecule has 2 aliphatic rings. The van der Waals surface area contributed by atoms with Crippen molar-refractivity contribution in [3.05, 3.63) is 47.7 Å². The van der Waals surface area contributed by atoms with Gasteiger partial charge in [0.05, 0.1) is 11.2 Å². The van der Waals surface area contributed by atoms with Crippen molar-refractivity contribution in [2.24, 2.45) is 0 Å². The number of rotatable bonds is 1. The van der Waals surface area contributed by atoms with Gasteiger partial charge in [-0.15, -0.1) is 5.10 Å². The number of hydrogen-bond donors (Lipinski definition) is 0. The van der Waals surface area contributed by atoms with E-state index in [0.717, 1.165) is 25.1 Å². The fraction of sp³-hybridized carbons (Fsp3) is 0.455. The van der Waals surface area contributed by atoms with Gasteiger partial charge in [-0.3, -0.25) is 0 Å². The van der Waals surface area contributed by atoms with Gasteiger partial charge in [0.1, 0.15) is 5.69 Å². The number of hydrogen-bond acceptors (Lipinski definition) is 3. The maximum absolute atomic E-state index is 4.68. The number of benzene rings is 1. The summed E-state index contributed by atoms with van der Waals surface area (Å²) in [7, 11) is 0.